The van der Waals surface area contributed by atoms with Crippen LogP contribution in [0.1, 0.15) is 5.69 Å². The highest BCUT2D eigenvalue weighted by molar-refractivity contribution is 5.75. The maximum absolute atomic E-state index is 12.4. The van der Waals surface area contributed by atoms with Crippen molar-refractivity contribution in [1.29, 1.82) is 0 Å². The number of rotatable bonds is 1. The lowest BCUT2D eigenvalue weighted by molar-refractivity contribution is -0.141. The van der Waals surface area contributed by atoms with Gasteiger partial charge in [-0.3, -0.25) is 4.98 Å². The molecule has 0 aliphatic heterocycles. The van der Waals surface area contributed by atoms with Gasteiger partial charge in [-0.05, 0) is 24.3 Å². The van der Waals surface area contributed by atoms with E-state index in [1.165, 1.54) is 6.07 Å². The van der Waals surface area contributed by atoms with Crippen LogP contribution in [0.2, 0.25) is 0 Å². The van der Waals surface area contributed by atoms with Gasteiger partial charge < -0.3 is 0 Å². The van der Waals surface area contributed by atoms with Gasteiger partial charge >= 0.3 is 6.18 Å². The fourth-order valence-electron chi connectivity index (χ4n) is 1.70. The number of fused-ring (bicyclic) bond motifs is 1. The van der Waals surface area contributed by atoms with Crippen LogP contribution in [-0.2, 0) is 6.18 Å². The Balaban J connectivity index is 2.02. The van der Waals surface area contributed by atoms with Gasteiger partial charge in [0.15, 0.2) is 5.82 Å². The van der Waals surface area contributed by atoms with Gasteiger partial charge in [0, 0.05) is 11.8 Å². The minimum Gasteiger partial charge on any atom is -0.251 e. The number of hydrogen-bond donors (Lipinski definition) is 0. The van der Waals surface area contributed by atoms with Crippen molar-refractivity contribution in [1.82, 2.24) is 20.2 Å². The molecule has 0 bridgehead atoms. The Hall–Kier alpha value is -2.57. The predicted octanol–water partition coefficient (Wildman–Crippen LogP) is 3.11. The van der Waals surface area contributed by atoms with Crippen LogP contribution in [0, 0.1) is 0 Å². The minimum absolute atomic E-state index is 0.241. The lowest BCUT2D eigenvalue weighted by Gasteiger charge is -2.06. The highest BCUT2D eigenvalue weighted by Crippen LogP contribution is 2.28. The molecule has 4 nitrogen and oxygen atoms in total. The normalized spacial score (nSPS) is 11.8. The minimum atomic E-state index is -4.46. The second kappa shape index (κ2) is 4.52. The first-order valence-electron chi connectivity index (χ1n) is 5.67. The fraction of sp³-hybridized carbons (Fsp3) is 0.0769. The maximum atomic E-state index is 12.4. The van der Waals surface area contributed by atoms with Crippen LogP contribution in [0.25, 0.3) is 22.4 Å². The van der Waals surface area contributed by atoms with Crippen LogP contribution >= 0.6 is 0 Å². The third-order valence-electron chi connectivity index (χ3n) is 2.67. The van der Waals surface area contributed by atoms with E-state index in [0.29, 0.717) is 16.6 Å². The molecular weight excluding hydrogens is 269 g/mol. The Kier molecular flexibility index (Phi) is 2.81. The lowest BCUT2D eigenvalue weighted by Crippen LogP contribution is -2.07. The summed E-state index contributed by atoms with van der Waals surface area (Å²) in [5.41, 5.74) is 0.680. The average Bonchev–Trinajstić information content (AvgIpc) is 2.46. The van der Waals surface area contributed by atoms with E-state index in [-0.39, 0.29) is 5.82 Å². The first kappa shape index (κ1) is 12.5. The first-order valence-corrected chi connectivity index (χ1v) is 5.67. The summed E-state index contributed by atoms with van der Waals surface area (Å²) in [5.74, 6) is 0.241. The maximum Gasteiger partial charge on any atom is 0.433 e. The topological polar surface area (TPSA) is 51.6 Å². The molecule has 1 aromatic carbocycles. The van der Waals surface area contributed by atoms with Crippen molar-refractivity contribution in [3.05, 3.63) is 48.3 Å². The van der Waals surface area contributed by atoms with Crippen molar-refractivity contribution >= 4 is 11.0 Å². The second-order valence-corrected chi connectivity index (χ2v) is 4.05. The molecule has 20 heavy (non-hydrogen) atoms. The molecule has 3 aromatic rings. The van der Waals surface area contributed by atoms with E-state index in [0.717, 1.165) is 12.3 Å². The molecule has 0 radical (unpaired) electrons. The average molecular weight is 276 g/mol. The lowest BCUT2D eigenvalue weighted by atomic mass is 10.2. The van der Waals surface area contributed by atoms with Gasteiger partial charge in [0.05, 0.1) is 5.52 Å². The van der Waals surface area contributed by atoms with Crippen LogP contribution in [0.5, 0.6) is 0 Å². The van der Waals surface area contributed by atoms with Gasteiger partial charge in [0.1, 0.15) is 11.2 Å². The van der Waals surface area contributed by atoms with E-state index in [1.807, 2.05) is 0 Å². The molecule has 2 heterocycles. The molecule has 0 saturated heterocycles. The molecule has 0 fully saturated rings. The van der Waals surface area contributed by atoms with Gasteiger partial charge in [-0.1, -0.05) is 12.1 Å². The molecule has 0 unspecified atom stereocenters. The molecule has 0 saturated carbocycles. The van der Waals surface area contributed by atoms with Gasteiger partial charge in [0.2, 0.25) is 0 Å². The molecule has 100 valence electrons. The Bertz CT molecular complexity index is 753. The molecule has 2 aromatic heterocycles. The summed E-state index contributed by atoms with van der Waals surface area (Å²) >= 11 is 0. The molecule has 3 rings (SSSR count). The standard InChI is InChI=1S/C13H7F3N4/c14-13(15,16)11-6-5-8(7-17-11)12-18-9-3-1-2-4-10(9)19-20-12/h1-7H. The number of para-hydroxylation sites is 1. The van der Waals surface area contributed by atoms with Crippen molar-refractivity contribution in [3.8, 4) is 11.4 Å². The summed E-state index contributed by atoms with van der Waals surface area (Å²) < 4.78 is 37.3. The summed E-state index contributed by atoms with van der Waals surface area (Å²) in [7, 11) is 0. The van der Waals surface area contributed by atoms with Crippen LogP contribution < -0.4 is 0 Å². The molecule has 7 heteroatoms. The number of nitrogens with zero attached hydrogens (tertiary/aromatic N) is 4. The van der Waals surface area contributed by atoms with Crippen molar-refractivity contribution in [2.24, 2.45) is 0 Å². The summed E-state index contributed by atoms with van der Waals surface area (Å²) in [6.45, 7) is 0. The summed E-state index contributed by atoms with van der Waals surface area (Å²) in [6.07, 6.45) is -3.37. The largest absolute Gasteiger partial charge is 0.433 e. The zero-order chi connectivity index (χ0) is 14.2. The highest BCUT2D eigenvalue weighted by atomic mass is 19.4. The van der Waals surface area contributed by atoms with E-state index in [4.69, 9.17) is 0 Å². The van der Waals surface area contributed by atoms with Crippen LogP contribution in [0.3, 0.4) is 0 Å². The number of hydrogen-bond acceptors (Lipinski definition) is 4. The Morgan fingerprint density at radius 2 is 1.60 bits per heavy atom. The third kappa shape index (κ3) is 2.29. The van der Waals surface area contributed by atoms with Gasteiger partial charge in [-0.2, -0.15) is 13.2 Å². The van der Waals surface area contributed by atoms with Crippen molar-refractivity contribution < 1.29 is 13.2 Å². The molecule has 0 aliphatic carbocycles. The molecular formula is C13H7F3N4. The van der Waals surface area contributed by atoms with Gasteiger partial charge in [-0.25, -0.2) is 4.98 Å². The second-order valence-electron chi connectivity index (χ2n) is 4.05. The Labute approximate surface area is 111 Å². The van der Waals surface area contributed by atoms with Crippen molar-refractivity contribution in [3.63, 3.8) is 0 Å². The van der Waals surface area contributed by atoms with E-state index in [9.17, 15) is 13.2 Å². The first-order chi connectivity index (χ1) is 9.54. The quantitative estimate of drug-likeness (QED) is 0.685. The van der Waals surface area contributed by atoms with Gasteiger partial charge in [-0.15, -0.1) is 10.2 Å². The molecule has 0 amide bonds. The summed E-state index contributed by atoms with van der Waals surface area (Å²) in [4.78, 5) is 7.62. The molecule has 0 atom stereocenters. The van der Waals surface area contributed by atoms with E-state index in [1.54, 1.807) is 24.3 Å². The zero-order valence-corrected chi connectivity index (χ0v) is 9.96. The zero-order valence-electron chi connectivity index (χ0n) is 9.96. The number of halogens is 3. The van der Waals surface area contributed by atoms with E-state index in [2.05, 4.69) is 20.2 Å². The number of pyridine rings is 1. The molecule has 0 spiro atoms. The molecule has 0 aliphatic rings. The summed E-state index contributed by atoms with van der Waals surface area (Å²) in [6, 6.07) is 9.29. The third-order valence-corrected chi connectivity index (χ3v) is 2.67. The van der Waals surface area contributed by atoms with Crippen molar-refractivity contribution in [2.75, 3.05) is 0 Å². The number of benzene rings is 1. The van der Waals surface area contributed by atoms with E-state index >= 15 is 0 Å². The fourth-order valence-corrected chi connectivity index (χ4v) is 1.70. The number of aromatic nitrogens is 4. The smallest absolute Gasteiger partial charge is 0.251 e. The predicted molar refractivity (Wildman–Crippen MR) is 65.6 cm³/mol. The molecule has 0 N–H and O–H groups in total. The van der Waals surface area contributed by atoms with Crippen molar-refractivity contribution in [2.45, 2.75) is 6.18 Å². The highest BCUT2D eigenvalue weighted by Gasteiger charge is 2.32. The van der Waals surface area contributed by atoms with Crippen LogP contribution in [0.15, 0.2) is 42.6 Å². The van der Waals surface area contributed by atoms with E-state index < -0.39 is 11.9 Å². The Morgan fingerprint density at radius 1 is 0.850 bits per heavy atom. The summed E-state index contributed by atoms with van der Waals surface area (Å²) in [5, 5.41) is 7.85. The van der Waals surface area contributed by atoms with Gasteiger partial charge in [0.25, 0.3) is 0 Å². The SMILES string of the molecule is FC(F)(F)c1ccc(-c2nnc3ccccc3n2)cn1. The number of alkyl halides is 3. The van der Waals surface area contributed by atoms with Crippen LogP contribution in [0.4, 0.5) is 13.2 Å². The Morgan fingerprint density at radius 3 is 2.25 bits per heavy atom. The van der Waals surface area contributed by atoms with Crippen LogP contribution in [-0.4, -0.2) is 20.2 Å². The monoisotopic (exact) mass is 276 g/mol.